The number of nitrogens with zero attached hydrogens (tertiary/aromatic N) is 3. The van der Waals surface area contributed by atoms with Crippen LogP contribution in [0.25, 0.3) is 22.4 Å². The molecule has 0 radical (unpaired) electrons. The van der Waals surface area contributed by atoms with Crippen LogP contribution in [-0.4, -0.2) is 45.8 Å². The lowest BCUT2D eigenvalue weighted by Crippen LogP contribution is -2.35. The summed E-state index contributed by atoms with van der Waals surface area (Å²) in [6.45, 7) is 3.62. The van der Waals surface area contributed by atoms with E-state index in [1.807, 2.05) is 19.1 Å². The summed E-state index contributed by atoms with van der Waals surface area (Å²) < 4.78 is 2.06. The zero-order valence-electron chi connectivity index (χ0n) is 17.6. The van der Waals surface area contributed by atoms with Crippen LogP contribution in [0.15, 0.2) is 36.4 Å². The summed E-state index contributed by atoms with van der Waals surface area (Å²) in [7, 11) is 0. The molecule has 2 aliphatic heterocycles. The first-order valence-corrected chi connectivity index (χ1v) is 11.2. The number of hydrogen-bond acceptors (Lipinski definition) is 5. The van der Waals surface area contributed by atoms with Gasteiger partial charge in [-0.25, -0.2) is 4.98 Å². The number of fused-ring (bicyclic) bond motifs is 5. The van der Waals surface area contributed by atoms with E-state index in [1.54, 1.807) is 0 Å². The highest BCUT2D eigenvalue weighted by molar-refractivity contribution is 6.02. The Labute approximate surface area is 181 Å². The number of anilines is 3. The number of aliphatic hydroxyl groups is 1. The average molecular weight is 418 g/mol. The van der Waals surface area contributed by atoms with Crippen LogP contribution in [0.3, 0.4) is 0 Å². The van der Waals surface area contributed by atoms with Crippen molar-refractivity contribution in [3.8, 4) is 11.4 Å². The molecule has 3 heterocycles. The molecule has 1 saturated carbocycles. The van der Waals surface area contributed by atoms with Crippen LogP contribution in [0.1, 0.15) is 38.6 Å². The van der Waals surface area contributed by atoms with Crippen LogP contribution < -0.4 is 15.5 Å². The van der Waals surface area contributed by atoms with Crippen molar-refractivity contribution in [2.45, 2.75) is 50.8 Å². The summed E-state index contributed by atoms with van der Waals surface area (Å²) in [6.07, 6.45) is 3.80. The summed E-state index contributed by atoms with van der Waals surface area (Å²) in [5.74, 6) is 0.790. The van der Waals surface area contributed by atoms with Gasteiger partial charge in [0, 0.05) is 36.1 Å². The summed E-state index contributed by atoms with van der Waals surface area (Å²) >= 11 is 0. The summed E-state index contributed by atoms with van der Waals surface area (Å²) in [6, 6.07) is 12.6. The number of hydrogen-bond donors (Lipinski definition) is 3. The number of nitrogens with one attached hydrogen (secondary N) is 2. The molecule has 2 aromatic carbocycles. The highest BCUT2D eigenvalue weighted by Crippen LogP contribution is 2.39. The Kier molecular flexibility index (Phi) is 4.21. The van der Waals surface area contributed by atoms with Gasteiger partial charge in [0.05, 0.1) is 22.8 Å². The van der Waals surface area contributed by atoms with Gasteiger partial charge in [0.25, 0.3) is 0 Å². The first kappa shape index (κ1) is 18.7. The van der Waals surface area contributed by atoms with Crippen LogP contribution in [0.2, 0.25) is 0 Å². The van der Waals surface area contributed by atoms with Crippen molar-refractivity contribution in [1.29, 1.82) is 0 Å². The molecule has 1 unspecified atom stereocenters. The van der Waals surface area contributed by atoms with Crippen molar-refractivity contribution in [1.82, 2.24) is 9.55 Å². The van der Waals surface area contributed by atoms with E-state index in [9.17, 15) is 9.90 Å². The SMILES string of the molecule is CC1C(=O)Nc2ccc(NC3CC3)cc2-c2nc3cc(N4CCC(O)CC4)ccc3n21. The molecular formula is C24H27N5O2. The number of rotatable bonds is 3. The van der Waals surface area contributed by atoms with Gasteiger partial charge in [-0.15, -0.1) is 0 Å². The molecule has 3 aliphatic rings. The average Bonchev–Trinajstić information content (AvgIpc) is 3.52. The molecule has 3 N–H and O–H groups in total. The van der Waals surface area contributed by atoms with E-state index in [0.29, 0.717) is 6.04 Å². The molecule has 3 aromatic rings. The number of imidazole rings is 1. The summed E-state index contributed by atoms with van der Waals surface area (Å²) in [4.78, 5) is 20.2. The van der Waals surface area contributed by atoms with Crippen molar-refractivity contribution in [2.75, 3.05) is 28.6 Å². The fraction of sp³-hybridized carbons (Fsp3) is 0.417. The predicted octanol–water partition coefficient (Wildman–Crippen LogP) is 3.75. The topological polar surface area (TPSA) is 82.4 Å². The van der Waals surface area contributed by atoms with E-state index in [4.69, 9.17) is 4.98 Å². The van der Waals surface area contributed by atoms with E-state index < -0.39 is 0 Å². The van der Waals surface area contributed by atoms with Crippen molar-refractivity contribution in [3.05, 3.63) is 36.4 Å². The normalized spacial score (nSPS) is 21.4. The quantitative estimate of drug-likeness (QED) is 0.605. The first-order valence-electron chi connectivity index (χ1n) is 11.2. The monoisotopic (exact) mass is 417 g/mol. The molecule has 1 amide bonds. The first-order chi connectivity index (χ1) is 15.1. The Morgan fingerprint density at radius 3 is 2.68 bits per heavy atom. The maximum atomic E-state index is 12.9. The molecule has 7 nitrogen and oxygen atoms in total. The van der Waals surface area contributed by atoms with Gasteiger partial charge in [-0.05, 0) is 69.0 Å². The van der Waals surface area contributed by atoms with Crippen molar-refractivity contribution < 1.29 is 9.90 Å². The zero-order chi connectivity index (χ0) is 21.1. The number of amides is 1. The number of benzene rings is 2. The highest BCUT2D eigenvalue weighted by Gasteiger charge is 2.29. The van der Waals surface area contributed by atoms with Crippen LogP contribution in [0.5, 0.6) is 0 Å². The van der Waals surface area contributed by atoms with E-state index in [0.717, 1.165) is 65.4 Å². The molecule has 160 valence electrons. The minimum Gasteiger partial charge on any atom is -0.393 e. The highest BCUT2D eigenvalue weighted by atomic mass is 16.3. The standard InChI is InChI=1S/C24H27N5O2/c1-14-24(31)27-20-6-4-16(25-15-2-3-15)12-19(20)23-26-21-13-17(5-7-22(21)29(14)23)28-10-8-18(30)9-11-28/h4-7,12-15,18,25,30H,2-3,8-11H2,1H3,(H,27,31). The third-order valence-corrected chi connectivity index (χ3v) is 6.74. The maximum absolute atomic E-state index is 12.9. The van der Waals surface area contributed by atoms with Gasteiger partial charge in [0.2, 0.25) is 5.91 Å². The lowest BCUT2D eigenvalue weighted by Gasteiger charge is -2.31. The van der Waals surface area contributed by atoms with Gasteiger partial charge in [0.1, 0.15) is 11.9 Å². The zero-order valence-corrected chi connectivity index (χ0v) is 17.6. The smallest absolute Gasteiger partial charge is 0.247 e. The van der Waals surface area contributed by atoms with Gasteiger partial charge < -0.3 is 25.2 Å². The molecule has 1 saturated heterocycles. The molecule has 31 heavy (non-hydrogen) atoms. The lowest BCUT2D eigenvalue weighted by atomic mass is 10.1. The van der Waals surface area contributed by atoms with Crippen LogP contribution in [0.4, 0.5) is 17.1 Å². The number of carbonyl (C=O) groups is 1. The number of aliphatic hydroxyl groups excluding tert-OH is 1. The number of aromatic nitrogens is 2. The molecule has 1 aromatic heterocycles. The third kappa shape index (κ3) is 3.24. The Hall–Kier alpha value is -3.06. The van der Waals surface area contributed by atoms with E-state index in [2.05, 4.69) is 44.4 Å². The van der Waals surface area contributed by atoms with Crippen LogP contribution in [0, 0.1) is 0 Å². The van der Waals surface area contributed by atoms with E-state index >= 15 is 0 Å². The fourth-order valence-corrected chi connectivity index (χ4v) is 4.74. The van der Waals surface area contributed by atoms with Crippen molar-refractivity contribution >= 4 is 34.0 Å². The summed E-state index contributed by atoms with van der Waals surface area (Å²) in [5, 5.41) is 16.5. The van der Waals surface area contributed by atoms with E-state index in [1.165, 1.54) is 12.8 Å². The molecule has 7 heteroatoms. The minimum atomic E-state index is -0.358. The molecule has 2 fully saturated rings. The van der Waals surface area contributed by atoms with E-state index in [-0.39, 0.29) is 18.1 Å². The van der Waals surface area contributed by atoms with Gasteiger partial charge in [-0.3, -0.25) is 4.79 Å². The molecule has 0 spiro atoms. The van der Waals surface area contributed by atoms with Crippen molar-refractivity contribution in [2.24, 2.45) is 0 Å². The lowest BCUT2D eigenvalue weighted by molar-refractivity contribution is -0.118. The molecule has 1 aliphatic carbocycles. The predicted molar refractivity (Wildman–Crippen MR) is 123 cm³/mol. The Morgan fingerprint density at radius 2 is 1.90 bits per heavy atom. The minimum absolute atomic E-state index is 0.0312. The fourth-order valence-electron chi connectivity index (χ4n) is 4.74. The van der Waals surface area contributed by atoms with Gasteiger partial charge in [-0.2, -0.15) is 0 Å². The maximum Gasteiger partial charge on any atom is 0.247 e. The molecule has 0 bridgehead atoms. The second kappa shape index (κ2) is 6.99. The van der Waals surface area contributed by atoms with Crippen LogP contribution in [-0.2, 0) is 4.79 Å². The summed E-state index contributed by atoms with van der Waals surface area (Å²) in [5.41, 5.74) is 5.79. The molecule has 1 atom stereocenters. The van der Waals surface area contributed by atoms with Gasteiger partial charge >= 0.3 is 0 Å². The van der Waals surface area contributed by atoms with Gasteiger partial charge in [0.15, 0.2) is 0 Å². The van der Waals surface area contributed by atoms with Crippen LogP contribution >= 0.6 is 0 Å². The third-order valence-electron chi connectivity index (χ3n) is 6.74. The largest absolute Gasteiger partial charge is 0.393 e. The Bertz CT molecular complexity index is 1170. The second-order valence-corrected chi connectivity index (χ2v) is 9.04. The second-order valence-electron chi connectivity index (χ2n) is 9.04. The van der Waals surface area contributed by atoms with Gasteiger partial charge in [-0.1, -0.05) is 0 Å². The molecule has 6 rings (SSSR count). The van der Waals surface area contributed by atoms with Crippen molar-refractivity contribution in [3.63, 3.8) is 0 Å². The number of carbonyl (C=O) groups excluding carboxylic acids is 1. The molecular weight excluding hydrogens is 390 g/mol. The Morgan fingerprint density at radius 1 is 1.10 bits per heavy atom. The number of piperidine rings is 1. The Balaban J connectivity index is 1.46.